The van der Waals surface area contributed by atoms with Gasteiger partial charge in [-0.3, -0.25) is 0 Å². The van der Waals surface area contributed by atoms with Gasteiger partial charge < -0.3 is 10.1 Å². The topological polar surface area (TPSA) is 21.3 Å². The minimum absolute atomic E-state index is 0.736. The van der Waals surface area contributed by atoms with Crippen molar-refractivity contribution in [1.82, 2.24) is 5.32 Å². The second kappa shape index (κ2) is 8.21. The normalized spacial score (nSPS) is 18.7. The molecule has 0 bridgehead atoms. The van der Waals surface area contributed by atoms with E-state index in [0.29, 0.717) is 0 Å². The molecule has 1 aromatic carbocycles. The molecule has 2 heteroatoms. The summed E-state index contributed by atoms with van der Waals surface area (Å²) in [7, 11) is 0. The molecule has 1 saturated heterocycles. The number of ether oxygens (including phenoxy) is 1. The Labute approximate surface area is 117 Å². The van der Waals surface area contributed by atoms with Crippen molar-refractivity contribution in [2.75, 3.05) is 13.2 Å². The lowest BCUT2D eigenvalue weighted by atomic mass is 10.1. The van der Waals surface area contributed by atoms with Crippen LogP contribution < -0.4 is 10.1 Å². The van der Waals surface area contributed by atoms with Crippen LogP contribution in [-0.2, 0) is 6.42 Å². The third kappa shape index (κ3) is 5.23. The fourth-order valence-electron chi connectivity index (χ4n) is 2.66. The van der Waals surface area contributed by atoms with E-state index in [1.165, 1.54) is 50.6 Å². The summed E-state index contributed by atoms with van der Waals surface area (Å²) in [5.74, 6) is 1.01. The molecule has 1 fully saturated rings. The number of nitrogens with one attached hydrogen (secondary N) is 1. The largest absolute Gasteiger partial charge is 0.494 e. The second-order valence-electron chi connectivity index (χ2n) is 5.53. The molecule has 19 heavy (non-hydrogen) atoms. The van der Waals surface area contributed by atoms with E-state index in [2.05, 4.69) is 36.5 Å². The Kier molecular flexibility index (Phi) is 6.22. The summed E-state index contributed by atoms with van der Waals surface area (Å²) in [6, 6.07) is 9.35. The van der Waals surface area contributed by atoms with Gasteiger partial charge >= 0.3 is 0 Å². The summed E-state index contributed by atoms with van der Waals surface area (Å²) >= 11 is 0. The molecule has 1 heterocycles. The molecule has 0 aromatic heterocycles. The molecule has 1 aliphatic rings. The van der Waals surface area contributed by atoms with Crippen molar-refractivity contribution in [3.05, 3.63) is 29.8 Å². The zero-order chi connectivity index (χ0) is 13.3. The van der Waals surface area contributed by atoms with Crippen LogP contribution in [0.5, 0.6) is 5.75 Å². The summed E-state index contributed by atoms with van der Waals surface area (Å²) in [5, 5.41) is 3.53. The number of aryl methyl sites for hydroxylation is 1. The molecular weight excluding hydrogens is 234 g/mol. The Hall–Kier alpha value is -1.02. The van der Waals surface area contributed by atoms with Gasteiger partial charge in [0.05, 0.1) is 6.61 Å². The van der Waals surface area contributed by atoms with E-state index >= 15 is 0 Å². The molecule has 0 spiro atoms. The predicted octanol–water partition coefficient (Wildman–Crippen LogP) is 3.94. The molecule has 1 N–H and O–H groups in total. The van der Waals surface area contributed by atoms with Crippen LogP contribution in [0.2, 0.25) is 0 Å². The fraction of sp³-hybridized carbons (Fsp3) is 0.647. The van der Waals surface area contributed by atoms with Crippen molar-refractivity contribution in [2.45, 2.75) is 57.9 Å². The van der Waals surface area contributed by atoms with E-state index in [-0.39, 0.29) is 0 Å². The number of hydrogen-bond donors (Lipinski definition) is 1. The molecule has 0 amide bonds. The molecule has 0 saturated carbocycles. The first-order valence-corrected chi connectivity index (χ1v) is 7.83. The summed E-state index contributed by atoms with van der Waals surface area (Å²) in [5.41, 5.74) is 1.42. The molecule has 1 unspecified atom stereocenters. The van der Waals surface area contributed by atoms with Gasteiger partial charge in [-0.05, 0) is 62.8 Å². The van der Waals surface area contributed by atoms with Crippen molar-refractivity contribution in [1.29, 1.82) is 0 Å². The highest BCUT2D eigenvalue weighted by Crippen LogP contribution is 2.15. The van der Waals surface area contributed by atoms with Crippen LogP contribution in [0.25, 0.3) is 0 Å². The highest BCUT2D eigenvalue weighted by molar-refractivity contribution is 5.27. The second-order valence-corrected chi connectivity index (χ2v) is 5.53. The average molecular weight is 261 g/mol. The van der Waals surface area contributed by atoms with E-state index in [1.807, 2.05) is 0 Å². The standard InChI is InChI=1S/C17H27NO/c1-2-3-6-15-9-11-17(12-10-15)19-14-5-8-16-7-4-13-18-16/h9-12,16,18H,2-8,13-14H2,1H3. The van der Waals surface area contributed by atoms with Gasteiger partial charge in [-0.1, -0.05) is 25.5 Å². The quantitative estimate of drug-likeness (QED) is 0.716. The van der Waals surface area contributed by atoms with Crippen molar-refractivity contribution >= 4 is 0 Å². The van der Waals surface area contributed by atoms with Crippen molar-refractivity contribution in [3.8, 4) is 5.75 Å². The molecule has 2 rings (SSSR count). The number of benzene rings is 1. The number of rotatable bonds is 8. The maximum absolute atomic E-state index is 5.80. The van der Waals surface area contributed by atoms with Gasteiger partial charge in [-0.15, -0.1) is 0 Å². The SMILES string of the molecule is CCCCc1ccc(OCCCC2CCCN2)cc1. The Morgan fingerprint density at radius 2 is 2.05 bits per heavy atom. The molecule has 2 nitrogen and oxygen atoms in total. The van der Waals surface area contributed by atoms with E-state index < -0.39 is 0 Å². The first-order chi connectivity index (χ1) is 9.38. The van der Waals surface area contributed by atoms with Crippen LogP contribution >= 0.6 is 0 Å². The maximum Gasteiger partial charge on any atom is 0.119 e. The van der Waals surface area contributed by atoms with Crippen LogP contribution in [0.1, 0.15) is 51.0 Å². The van der Waals surface area contributed by atoms with Gasteiger partial charge in [0.15, 0.2) is 0 Å². The zero-order valence-electron chi connectivity index (χ0n) is 12.2. The Balaban J connectivity index is 1.62. The Morgan fingerprint density at radius 1 is 1.21 bits per heavy atom. The minimum atomic E-state index is 0.736. The molecule has 1 aliphatic heterocycles. The molecule has 106 valence electrons. The molecular formula is C17H27NO. The highest BCUT2D eigenvalue weighted by atomic mass is 16.5. The summed E-state index contributed by atoms with van der Waals surface area (Å²) in [4.78, 5) is 0. The van der Waals surface area contributed by atoms with Gasteiger partial charge in [0.2, 0.25) is 0 Å². The Morgan fingerprint density at radius 3 is 2.74 bits per heavy atom. The van der Waals surface area contributed by atoms with E-state index in [9.17, 15) is 0 Å². The lowest BCUT2D eigenvalue weighted by molar-refractivity contribution is 0.299. The summed E-state index contributed by atoms with van der Waals surface area (Å²) in [6.45, 7) is 4.27. The van der Waals surface area contributed by atoms with Crippen LogP contribution in [0, 0.1) is 0 Å². The van der Waals surface area contributed by atoms with Crippen LogP contribution in [-0.4, -0.2) is 19.2 Å². The maximum atomic E-state index is 5.80. The molecule has 0 radical (unpaired) electrons. The van der Waals surface area contributed by atoms with Crippen molar-refractivity contribution in [2.24, 2.45) is 0 Å². The lowest BCUT2D eigenvalue weighted by Crippen LogP contribution is -2.21. The van der Waals surface area contributed by atoms with Gasteiger partial charge in [0.25, 0.3) is 0 Å². The lowest BCUT2D eigenvalue weighted by Gasteiger charge is -2.11. The number of hydrogen-bond acceptors (Lipinski definition) is 2. The van der Waals surface area contributed by atoms with Crippen LogP contribution in [0.15, 0.2) is 24.3 Å². The Bertz CT molecular complexity index is 341. The summed E-state index contributed by atoms with van der Waals surface area (Å²) < 4.78 is 5.80. The molecule has 1 aromatic rings. The van der Waals surface area contributed by atoms with Gasteiger partial charge in [-0.25, -0.2) is 0 Å². The van der Waals surface area contributed by atoms with Gasteiger partial charge in [0, 0.05) is 6.04 Å². The minimum Gasteiger partial charge on any atom is -0.494 e. The average Bonchev–Trinajstić information content (AvgIpc) is 2.96. The van der Waals surface area contributed by atoms with Gasteiger partial charge in [0.1, 0.15) is 5.75 Å². The van der Waals surface area contributed by atoms with Gasteiger partial charge in [-0.2, -0.15) is 0 Å². The fourth-order valence-corrected chi connectivity index (χ4v) is 2.66. The zero-order valence-corrected chi connectivity index (χ0v) is 12.2. The molecule has 1 atom stereocenters. The first kappa shape index (κ1) is 14.4. The van der Waals surface area contributed by atoms with E-state index in [1.54, 1.807) is 0 Å². The van der Waals surface area contributed by atoms with Crippen LogP contribution in [0.4, 0.5) is 0 Å². The third-order valence-electron chi connectivity index (χ3n) is 3.87. The monoisotopic (exact) mass is 261 g/mol. The third-order valence-corrected chi connectivity index (χ3v) is 3.87. The van der Waals surface area contributed by atoms with Crippen molar-refractivity contribution < 1.29 is 4.74 Å². The van der Waals surface area contributed by atoms with E-state index in [4.69, 9.17) is 4.74 Å². The number of unbranched alkanes of at least 4 members (excludes halogenated alkanes) is 1. The first-order valence-electron chi connectivity index (χ1n) is 7.83. The summed E-state index contributed by atoms with van der Waals surface area (Å²) in [6.07, 6.45) is 8.78. The molecule has 0 aliphatic carbocycles. The predicted molar refractivity (Wildman–Crippen MR) is 80.8 cm³/mol. The van der Waals surface area contributed by atoms with E-state index in [0.717, 1.165) is 24.8 Å². The van der Waals surface area contributed by atoms with Crippen molar-refractivity contribution in [3.63, 3.8) is 0 Å². The van der Waals surface area contributed by atoms with Crippen LogP contribution in [0.3, 0.4) is 0 Å². The highest BCUT2D eigenvalue weighted by Gasteiger charge is 2.12. The smallest absolute Gasteiger partial charge is 0.119 e.